The number of allylic oxidation sites excluding steroid dienone is 3. The first-order valence-electron chi connectivity index (χ1n) is 12.8. The molecule has 1 aromatic heterocycles. The molecular formula is C30H36N2O5S. The average Bonchev–Trinajstić information content (AvgIpc) is 3.50. The Morgan fingerprint density at radius 2 is 2.03 bits per heavy atom. The van der Waals surface area contributed by atoms with Crippen molar-refractivity contribution in [2.45, 2.75) is 53.9 Å². The van der Waals surface area contributed by atoms with Crippen LogP contribution in [-0.2, 0) is 6.42 Å². The number of aliphatic imine (C=N–C) groups is 2. The van der Waals surface area contributed by atoms with Crippen molar-refractivity contribution >= 4 is 40.0 Å². The number of benzene rings is 1. The minimum atomic E-state index is -1.04. The summed E-state index contributed by atoms with van der Waals surface area (Å²) in [4.78, 5) is 33.0. The van der Waals surface area contributed by atoms with Crippen LogP contribution < -0.4 is 9.47 Å². The Kier molecular flexibility index (Phi) is 10.2. The molecule has 202 valence electrons. The van der Waals surface area contributed by atoms with Crippen molar-refractivity contribution in [1.82, 2.24) is 0 Å². The van der Waals surface area contributed by atoms with E-state index in [1.807, 2.05) is 25.1 Å². The van der Waals surface area contributed by atoms with Crippen LogP contribution in [0.5, 0.6) is 11.5 Å². The normalized spacial score (nSPS) is 14.4. The molecular weight excluding hydrogens is 500 g/mol. The van der Waals surface area contributed by atoms with Crippen LogP contribution >= 0.6 is 11.3 Å². The molecule has 0 saturated carbocycles. The largest absolute Gasteiger partial charge is 0.493 e. The van der Waals surface area contributed by atoms with Gasteiger partial charge in [0.15, 0.2) is 17.3 Å². The number of carboxylic acid groups (broad SMARTS) is 1. The Labute approximate surface area is 228 Å². The molecule has 0 saturated heterocycles. The number of hydrogen-bond acceptors (Lipinski definition) is 7. The second kappa shape index (κ2) is 13.3. The number of rotatable bonds is 13. The van der Waals surface area contributed by atoms with Crippen LogP contribution in [0.25, 0.3) is 0 Å². The number of methoxy groups -OCH3 is 1. The van der Waals surface area contributed by atoms with Gasteiger partial charge in [0.25, 0.3) is 0 Å². The molecule has 0 amide bonds. The van der Waals surface area contributed by atoms with Crippen molar-refractivity contribution in [3.8, 4) is 11.5 Å². The standard InChI is InChI=1S/C30H36N2O5S/c1-7-8-24(20(4)32-29-27(21(5)33)19(3)28(38-29)30(34)35)14-18(2)13-22-9-10-25(26(15-22)36-6)37-17-23-11-12-31-16-23/h9-12,14-15,18H,7-8,13,16-17H2,1-6H3,(H,34,35)/b24-14?,32-20+. The lowest BCUT2D eigenvalue weighted by molar-refractivity contribution is 0.0701. The Bertz CT molecular complexity index is 1320. The summed E-state index contributed by atoms with van der Waals surface area (Å²) in [6, 6.07) is 6.02. The third-order valence-corrected chi connectivity index (χ3v) is 7.50. The molecule has 8 heteroatoms. The van der Waals surface area contributed by atoms with E-state index in [0.29, 0.717) is 40.8 Å². The number of carboxylic acids is 1. The Balaban J connectivity index is 1.80. The number of Topliss-reactive ketones (excluding diaryl/α,β-unsaturated/α-hetero) is 1. The van der Waals surface area contributed by atoms with Crippen LogP contribution in [0.4, 0.5) is 5.00 Å². The monoisotopic (exact) mass is 536 g/mol. The number of carbonyl (C=O) groups is 2. The molecule has 7 nitrogen and oxygen atoms in total. The fourth-order valence-electron chi connectivity index (χ4n) is 4.45. The molecule has 1 unspecified atom stereocenters. The Morgan fingerprint density at radius 1 is 1.26 bits per heavy atom. The van der Waals surface area contributed by atoms with E-state index in [9.17, 15) is 14.7 Å². The fraction of sp³-hybridized carbons (Fsp3) is 0.400. The lowest BCUT2D eigenvalue weighted by Gasteiger charge is -2.15. The highest BCUT2D eigenvalue weighted by molar-refractivity contribution is 7.18. The van der Waals surface area contributed by atoms with Gasteiger partial charge in [0.2, 0.25) is 0 Å². The molecule has 3 rings (SSSR count). The highest BCUT2D eigenvalue weighted by Crippen LogP contribution is 2.36. The molecule has 2 aromatic rings. The van der Waals surface area contributed by atoms with Crippen molar-refractivity contribution < 1.29 is 24.2 Å². The first-order valence-corrected chi connectivity index (χ1v) is 13.6. The van der Waals surface area contributed by atoms with Gasteiger partial charge < -0.3 is 14.6 Å². The van der Waals surface area contributed by atoms with E-state index in [0.717, 1.165) is 53.0 Å². The molecule has 1 N–H and O–H groups in total. The van der Waals surface area contributed by atoms with E-state index in [-0.39, 0.29) is 16.6 Å². The predicted octanol–water partition coefficient (Wildman–Crippen LogP) is 7.05. The van der Waals surface area contributed by atoms with Gasteiger partial charge >= 0.3 is 5.97 Å². The van der Waals surface area contributed by atoms with Crippen molar-refractivity contribution in [3.63, 3.8) is 0 Å². The van der Waals surface area contributed by atoms with E-state index < -0.39 is 5.97 Å². The van der Waals surface area contributed by atoms with E-state index in [2.05, 4.69) is 31.0 Å². The van der Waals surface area contributed by atoms with Crippen LogP contribution in [0.1, 0.15) is 71.7 Å². The van der Waals surface area contributed by atoms with Gasteiger partial charge in [-0.05, 0) is 80.0 Å². The first-order chi connectivity index (χ1) is 18.1. The lowest BCUT2D eigenvalue weighted by atomic mass is 9.95. The highest BCUT2D eigenvalue weighted by Gasteiger charge is 2.22. The summed E-state index contributed by atoms with van der Waals surface area (Å²) >= 11 is 1.05. The number of carbonyl (C=O) groups excluding carboxylic acids is 1. The topological polar surface area (TPSA) is 97.6 Å². The van der Waals surface area contributed by atoms with Gasteiger partial charge in [0.1, 0.15) is 16.5 Å². The number of ketones is 1. The van der Waals surface area contributed by atoms with E-state index in [1.165, 1.54) is 6.92 Å². The molecule has 1 atom stereocenters. The van der Waals surface area contributed by atoms with Gasteiger partial charge in [-0.1, -0.05) is 32.4 Å². The van der Waals surface area contributed by atoms with Gasteiger partial charge in [-0.3, -0.25) is 9.79 Å². The van der Waals surface area contributed by atoms with E-state index >= 15 is 0 Å². The van der Waals surface area contributed by atoms with Gasteiger partial charge in [-0.15, -0.1) is 11.3 Å². The third-order valence-electron chi connectivity index (χ3n) is 6.32. The van der Waals surface area contributed by atoms with Gasteiger partial charge in [0.05, 0.1) is 19.2 Å². The van der Waals surface area contributed by atoms with Gasteiger partial charge in [-0.2, -0.15) is 0 Å². The zero-order valence-electron chi connectivity index (χ0n) is 23.0. The van der Waals surface area contributed by atoms with Gasteiger partial charge in [0, 0.05) is 11.9 Å². The maximum absolute atomic E-state index is 12.3. The molecule has 0 bridgehead atoms. The van der Waals surface area contributed by atoms with E-state index in [4.69, 9.17) is 14.5 Å². The van der Waals surface area contributed by atoms with Crippen molar-refractivity contribution in [1.29, 1.82) is 0 Å². The zero-order chi connectivity index (χ0) is 27.8. The second-order valence-electron chi connectivity index (χ2n) is 9.51. The molecule has 1 aliphatic rings. The minimum Gasteiger partial charge on any atom is -0.493 e. The predicted molar refractivity (Wildman–Crippen MR) is 155 cm³/mol. The summed E-state index contributed by atoms with van der Waals surface area (Å²) in [6.07, 6.45) is 8.56. The number of aromatic carboxylic acids is 1. The number of thiophene rings is 1. The number of hydrogen-bond donors (Lipinski definition) is 1. The summed E-state index contributed by atoms with van der Waals surface area (Å²) in [5.74, 6) is 0.398. The second-order valence-corrected chi connectivity index (χ2v) is 10.5. The molecule has 38 heavy (non-hydrogen) atoms. The van der Waals surface area contributed by atoms with Crippen LogP contribution in [0.2, 0.25) is 0 Å². The summed E-state index contributed by atoms with van der Waals surface area (Å²) in [5, 5.41) is 9.98. The molecule has 1 aromatic carbocycles. The van der Waals surface area contributed by atoms with Gasteiger partial charge in [-0.25, -0.2) is 9.79 Å². The lowest BCUT2D eigenvalue weighted by Crippen LogP contribution is -2.05. The van der Waals surface area contributed by atoms with Crippen LogP contribution in [0.15, 0.2) is 51.5 Å². The number of ether oxygens (including phenoxy) is 2. The average molecular weight is 537 g/mol. The maximum Gasteiger partial charge on any atom is 0.346 e. The fourth-order valence-corrected chi connectivity index (χ4v) is 5.57. The summed E-state index contributed by atoms with van der Waals surface area (Å²) in [7, 11) is 1.64. The third kappa shape index (κ3) is 7.28. The van der Waals surface area contributed by atoms with Crippen LogP contribution in [0.3, 0.4) is 0 Å². The molecule has 0 radical (unpaired) electrons. The summed E-state index contributed by atoms with van der Waals surface area (Å²) < 4.78 is 11.5. The molecule has 0 fully saturated rings. The Hall–Kier alpha value is -3.52. The molecule has 2 heterocycles. The first kappa shape index (κ1) is 29.0. The maximum atomic E-state index is 12.3. The SMILES string of the molecule is CCCC(=CC(C)Cc1ccc(OCC2=CC=NC2)c(OC)c1)/C(C)=N/c1sc(C(=O)O)c(C)c1C(C)=O. The van der Waals surface area contributed by atoms with Crippen molar-refractivity contribution in [3.05, 3.63) is 63.1 Å². The van der Waals surface area contributed by atoms with Crippen molar-refractivity contribution in [2.24, 2.45) is 15.9 Å². The summed E-state index contributed by atoms with van der Waals surface area (Å²) in [5.41, 5.74) is 5.02. The summed E-state index contributed by atoms with van der Waals surface area (Å²) in [6.45, 7) is 10.5. The zero-order valence-corrected chi connectivity index (χ0v) is 23.8. The molecule has 1 aliphatic heterocycles. The van der Waals surface area contributed by atoms with Crippen molar-refractivity contribution in [2.75, 3.05) is 20.3 Å². The Morgan fingerprint density at radius 3 is 2.63 bits per heavy atom. The smallest absolute Gasteiger partial charge is 0.346 e. The van der Waals surface area contributed by atoms with E-state index in [1.54, 1.807) is 20.2 Å². The molecule has 0 aliphatic carbocycles. The minimum absolute atomic E-state index is 0.158. The highest BCUT2D eigenvalue weighted by atomic mass is 32.1. The number of nitrogens with zero attached hydrogens (tertiary/aromatic N) is 2. The van der Waals surface area contributed by atoms with Crippen LogP contribution in [0, 0.1) is 12.8 Å². The quantitative estimate of drug-likeness (QED) is 0.218. The van der Waals surface area contributed by atoms with Crippen LogP contribution in [-0.4, -0.2) is 49.0 Å². The molecule has 0 spiro atoms.